The molecule has 1 unspecified atom stereocenters. The number of anilines is 1. The number of carbonyl (C=O) groups excluding carboxylic acids is 1. The fourth-order valence-electron chi connectivity index (χ4n) is 2.62. The first kappa shape index (κ1) is 17.6. The van der Waals surface area contributed by atoms with Gasteiger partial charge in [-0.3, -0.25) is 4.79 Å². The minimum Gasteiger partial charge on any atom is -0.376 e. The molecular weight excluding hydrogens is 340 g/mol. The van der Waals surface area contributed by atoms with E-state index in [1.54, 1.807) is 0 Å². The first-order valence-electron chi connectivity index (χ1n) is 8.41. The molecule has 6 nitrogen and oxygen atoms in total. The predicted octanol–water partition coefficient (Wildman–Crippen LogP) is 2.69. The van der Waals surface area contributed by atoms with Crippen LogP contribution in [0.2, 0.25) is 5.02 Å². The summed E-state index contributed by atoms with van der Waals surface area (Å²) in [6.07, 6.45) is 6.07. The van der Waals surface area contributed by atoms with Crippen LogP contribution in [0.1, 0.15) is 28.8 Å². The summed E-state index contributed by atoms with van der Waals surface area (Å²) < 4.78 is 5.48. The van der Waals surface area contributed by atoms with E-state index < -0.39 is 0 Å². The molecule has 3 rings (SSSR count). The lowest BCUT2D eigenvalue weighted by molar-refractivity contribution is 0.0857. The second-order valence-corrected chi connectivity index (χ2v) is 6.38. The Balaban J connectivity index is 1.43. The van der Waals surface area contributed by atoms with Crippen LogP contribution >= 0.6 is 11.6 Å². The van der Waals surface area contributed by atoms with Crippen LogP contribution in [0.15, 0.2) is 36.7 Å². The maximum Gasteiger partial charge on any atom is 0.254 e. The van der Waals surface area contributed by atoms with Crippen LogP contribution in [-0.2, 0) is 11.2 Å². The van der Waals surface area contributed by atoms with Crippen molar-refractivity contribution in [2.45, 2.75) is 25.4 Å². The van der Waals surface area contributed by atoms with Crippen LogP contribution in [0.3, 0.4) is 0 Å². The molecule has 0 aliphatic carbocycles. The zero-order valence-electron chi connectivity index (χ0n) is 13.9. The first-order valence-corrected chi connectivity index (χ1v) is 8.78. The molecule has 1 amide bonds. The number of benzene rings is 1. The fraction of sp³-hybridized carbons (Fsp3) is 0.389. The third-order valence-electron chi connectivity index (χ3n) is 4.04. The average molecular weight is 361 g/mol. The van der Waals surface area contributed by atoms with Gasteiger partial charge in [-0.1, -0.05) is 23.7 Å². The highest BCUT2D eigenvalue weighted by Crippen LogP contribution is 2.11. The molecule has 1 atom stereocenters. The molecule has 0 bridgehead atoms. The molecule has 1 saturated heterocycles. The number of rotatable bonds is 7. The lowest BCUT2D eigenvalue weighted by Crippen LogP contribution is -2.31. The van der Waals surface area contributed by atoms with Gasteiger partial charge in [0.1, 0.15) is 0 Å². The largest absolute Gasteiger partial charge is 0.376 e. The Morgan fingerprint density at radius 3 is 2.68 bits per heavy atom. The molecule has 1 aliphatic heterocycles. The lowest BCUT2D eigenvalue weighted by atomic mass is 10.1. The number of amides is 1. The number of hydrogen-bond acceptors (Lipinski definition) is 5. The molecule has 1 aliphatic rings. The number of nitrogens with one attached hydrogen (secondary N) is 2. The zero-order chi connectivity index (χ0) is 17.5. The van der Waals surface area contributed by atoms with E-state index in [0.29, 0.717) is 24.6 Å². The van der Waals surface area contributed by atoms with Crippen molar-refractivity contribution in [2.75, 3.05) is 25.0 Å². The third-order valence-corrected chi connectivity index (χ3v) is 4.29. The van der Waals surface area contributed by atoms with Crippen molar-refractivity contribution in [1.82, 2.24) is 15.3 Å². The van der Waals surface area contributed by atoms with E-state index in [4.69, 9.17) is 16.3 Å². The predicted molar refractivity (Wildman–Crippen MR) is 97.0 cm³/mol. The number of ether oxygens (including phenoxy) is 1. The molecule has 1 fully saturated rings. The summed E-state index contributed by atoms with van der Waals surface area (Å²) in [5, 5.41) is 6.73. The maximum atomic E-state index is 12.1. The van der Waals surface area contributed by atoms with Crippen LogP contribution < -0.4 is 10.6 Å². The molecule has 7 heteroatoms. The van der Waals surface area contributed by atoms with Gasteiger partial charge in [-0.2, -0.15) is 0 Å². The minimum absolute atomic E-state index is 0.124. The topological polar surface area (TPSA) is 76.1 Å². The van der Waals surface area contributed by atoms with Gasteiger partial charge in [-0.05, 0) is 37.0 Å². The minimum atomic E-state index is -0.178. The summed E-state index contributed by atoms with van der Waals surface area (Å²) in [4.78, 5) is 20.4. The molecule has 0 radical (unpaired) electrons. The Labute approximate surface area is 152 Å². The Kier molecular flexibility index (Phi) is 6.19. The summed E-state index contributed by atoms with van der Waals surface area (Å²) in [6.45, 7) is 2.01. The quantitative estimate of drug-likeness (QED) is 0.794. The number of aromatic nitrogens is 2. The van der Waals surface area contributed by atoms with Gasteiger partial charge in [0.15, 0.2) is 0 Å². The Morgan fingerprint density at radius 2 is 2.00 bits per heavy atom. The van der Waals surface area contributed by atoms with E-state index in [-0.39, 0.29) is 12.0 Å². The Hall–Kier alpha value is -2.18. The molecule has 1 aromatic heterocycles. The van der Waals surface area contributed by atoms with Crippen LogP contribution in [0.4, 0.5) is 5.95 Å². The normalized spacial score (nSPS) is 16.6. The van der Waals surface area contributed by atoms with Crippen molar-refractivity contribution >= 4 is 23.5 Å². The summed E-state index contributed by atoms with van der Waals surface area (Å²) in [7, 11) is 0. The number of hydrogen-bond donors (Lipinski definition) is 2. The van der Waals surface area contributed by atoms with Gasteiger partial charge >= 0.3 is 0 Å². The van der Waals surface area contributed by atoms with Crippen LogP contribution in [0, 0.1) is 0 Å². The molecule has 2 aromatic rings. The maximum absolute atomic E-state index is 12.1. The van der Waals surface area contributed by atoms with Gasteiger partial charge in [-0.25, -0.2) is 9.97 Å². The number of carbonyl (C=O) groups is 1. The van der Waals surface area contributed by atoms with E-state index in [9.17, 15) is 4.79 Å². The first-order chi connectivity index (χ1) is 12.2. The molecule has 2 heterocycles. The van der Waals surface area contributed by atoms with Gasteiger partial charge < -0.3 is 15.4 Å². The Morgan fingerprint density at radius 1 is 1.24 bits per heavy atom. The van der Waals surface area contributed by atoms with Crippen molar-refractivity contribution < 1.29 is 9.53 Å². The highest BCUT2D eigenvalue weighted by Gasteiger charge is 2.16. The molecule has 2 N–H and O–H groups in total. The summed E-state index contributed by atoms with van der Waals surface area (Å²) in [6, 6.07) is 7.73. The van der Waals surface area contributed by atoms with Crippen molar-refractivity contribution in [3.05, 3.63) is 52.8 Å². The summed E-state index contributed by atoms with van der Waals surface area (Å²) in [5.41, 5.74) is 1.63. The molecule has 25 heavy (non-hydrogen) atoms. The summed E-state index contributed by atoms with van der Waals surface area (Å²) in [5.74, 6) is 0.327. The average Bonchev–Trinajstić information content (AvgIpc) is 3.15. The molecule has 0 saturated carbocycles. The smallest absolute Gasteiger partial charge is 0.254 e. The van der Waals surface area contributed by atoms with Crippen molar-refractivity contribution in [3.63, 3.8) is 0 Å². The fourth-order valence-corrected chi connectivity index (χ4v) is 2.75. The van der Waals surface area contributed by atoms with Crippen LogP contribution in [0.25, 0.3) is 0 Å². The van der Waals surface area contributed by atoms with E-state index in [0.717, 1.165) is 30.9 Å². The van der Waals surface area contributed by atoms with E-state index in [1.165, 1.54) is 18.0 Å². The standard InChI is InChI=1S/C18H21ClN4O2/c19-15-5-3-13(4-6-15)7-8-20-18-22-10-14(11-23-18)17(24)21-12-16-2-1-9-25-16/h3-6,10-11,16H,1-2,7-9,12H2,(H,21,24)(H,20,22,23). The number of nitrogens with zero attached hydrogens (tertiary/aromatic N) is 2. The lowest BCUT2D eigenvalue weighted by Gasteiger charge is -2.10. The van der Waals surface area contributed by atoms with Crippen molar-refractivity contribution in [2.24, 2.45) is 0 Å². The highest BCUT2D eigenvalue weighted by atomic mass is 35.5. The second-order valence-electron chi connectivity index (χ2n) is 5.94. The molecular formula is C18H21ClN4O2. The van der Waals surface area contributed by atoms with E-state index >= 15 is 0 Å². The second kappa shape index (κ2) is 8.78. The molecule has 132 valence electrons. The third kappa shape index (κ3) is 5.41. The van der Waals surface area contributed by atoms with Crippen molar-refractivity contribution in [3.8, 4) is 0 Å². The van der Waals surface area contributed by atoms with E-state index in [1.807, 2.05) is 24.3 Å². The van der Waals surface area contributed by atoms with Crippen molar-refractivity contribution in [1.29, 1.82) is 0 Å². The Bertz CT molecular complexity index is 685. The van der Waals surface area contributed by atoms with Gasteiger partial charge in [0, 0.05) is 37.1 Å². The van der Waals surface area contributed by atoms with Gasteiger partial charge in [-0.15, -0.1) is 0 Å². The van der Waals surface area contributed by atoms with Crippen LogP contribution in [0.5, 0.6) is 0 Å². The van der Waals surface area contributed by atoms with Gasteiger partial charge in [0.25, 0.3) is 5.91 Å². The van der Waals surface area contributed by atoms with Crippen LogP contribution in [-0.4, -0.2) is 41.7 Å². The summed E-state index contributed by atoms with van der Waals surface area (Å²) >= 11 is 5.87. The SMILES string of the molecule is O=C(NCC1CCCO1)c1cnc(NCCc2ccc(Cl)cc2)nc1. The highest BCUT2D eigenvalue weighted by molar-refractivity contribution is 6.30. The van der Waals surface area contributed by atoms with Gasteiger partial charge in [0.05, 0.1) is 11.7 Å². The molecule has 0 spiro atoms. The zero-order valence-corrected chi connectivity index (χ0v) is 14.6. The van der Waals surface area contributed by atoms with Gasteiger partial charge in [0.2, 0.25) is 5.95 Å². The van der Waals surface area contributed by atoms with E-state index in [2.05, 4.69) is 20.6 Å². The molecule has 1 aromatic carbocycles. The number of halogens is 1. The monoisotopic (exact) mass is 360 g/mol.